The van der Waals surface area contributed by atoms with Gasteiger partial charge in [0, 0.05) is 7.05 Å². The highest BCUT2D eigenvalue weighted by atomic mass is 15.1. The number of hydrogen-bond donors (Lipinski definition) is 0. The first-order chi connectivity index (χ1) is 6.33. The lowest BCUT2D eigenvalue weighted by Gasteiger charge is -1.96. The topological polar surface area (TPSA) is 17.8 Å². The van der Waals surface area contributed by atoms with Crippen LogP contribution in [0.1, 0.15) is 5.82 Å². The van der Waals surface area contributed by atoms with Gasteiger partial charge >= 0.3 is 0 Å². The van der Waals surface area contributed by atoms with Crippen LogP contribution in [-0.2, 0) is 13.5 Å². The molecule has 1 aromatic heterocycles. The first kappa shape index (κ1) is 7.88. The predicted molar refractivity (Wildman–Crippen MR) is 53.3 cm³/mol. The van der Waals surface area contributed by atoms with Crippen molar-refractivity contribution in [2.24, 2.45) is 7.05 Å². The summed E-state index contributed by atoms with van der Waals surface area (Å²) in [6.45, 7) is 0. The Balaban J connectivity index is 2.68. The van der Waals surface area contributed by atoms with Crippen LogP contribution >= 0.6 is 0 Å². The molecule has 0 unspecified atom stereocenters. The number of hydrogen-bond acceptors (Lipinski definition) is 1. The van der Waals surface area contributed by atoms with Crippen LogP contribution in [0.3, 0.4) is 0 Å². The molecular weight excluding hydrogens is 160 g/mol. The second-order valence-corrected chi connectivity index (χ2v) is 2.96. The molecule has 0 fully saturated rings. The normalized spacial score (nSPS) is 10.2. The van der Waals surface area contributed by atoms with E-state index in [4.69, 9.17) is 6.42 Å². The minimum atomic E-state index is 0.588. The summed E-state index contributed by atoms with van der Waals surface area (Å²) in [5.41, 5.74) is 2.14. The Bertz CT molecular complexity index is 474. The molecule has 2 nitrogen and oxygen atoms in total. The molecule has 0 spiro atoms. The minimum absolute atomic E-state index is 0.588. The zero-order valence-corrected chi connectivity index (χ0v) is 7.49. The maximum absolute atomic E-state index is 5.25. The Morgan fingerprint density at radius 3 is 2.92 bits per heavy atom. The third kappa shape index (κ3) is 1.19. The third-order valence-electron chi connectivity index (χ3n) is 2.14. The molecular formula is C11H10N2. The average Bonchev–Trinajstić information content (AvgIpc) is 2.46. The largest absolute Gasteiger partial charge is 0.330 e. The van der Waals surface area contributed by atoms with Crippen LogP contribution in [-0.4, -0.2) is 9.55 Å². The molecule has 0 N–H and O–H groups in total. The van der Waals surface area contributed by atoms with Crippen LogP contribution in [0, 0.1) is 12.3 Å². The lowest BCUT2D eigenvalue weighted by molar-refractivity contribution is 0.861. The molecule has 2 rings (SSSR count). The maximum atomic E-state index is 5.25. The molecule has 0 amide bonds. The smallest absolute Gasteiger partial charge is 0.121 e. The number of fused-ring (bicyclic) bond motifs is 1. The van der Waals surface area contributed by atoms with Crippen LogP contribution in [0.4, 0.5) is 0 Å². The van der Waals surface area contributed by atoms with Gasteiger partial charge in [-0.3, -0.25) is 0 Å². The summed E-state index contributed by atoms with van der Waals surface area (Å²) >= 11 is 0. The molecule has 64 valence electrons. The fourth-order valence-corrected chi connectivity index (χ4v) is 1.44. The molecule has 0 aliphatic heterocycles. The van der Waals surface area contributed by atoms with Gasteiger partial charge in [-0.15, -0.1) is 6.42 Å². The third-order valence-corrected chi connectivity index (χ3v) is 2.14. The van der Waals surface area contributed by atoms with E-state index in [1.54, 1.807) is 0 Å². The van der Waals surface area contributed by atoms with Gasteiger partial charge in [0.15, 0.2) is 0 Å². The summed E-state index contributed by atoms with van der Waals surface area (Å²) in [5, 5.41) is 0. The molecule has 0 saturated carbocycles. The number of terminal acetylenes is 1. The van der Waals surface area contributed by atoms with Crippen LogP contribution in [0.5, 0.6) is 0 Å². The second-order valence-electron chi connectivity index (χ2n) is 2.96. The monoisotopic (exact) mass is 170 g/mol. The van der Waals surface area contributed by atoms with E-state index in [2.05, 4.69) is 10.9 Å². The second kappa shape index (κ2) is 2.95. The standard InChI is InChI=1S/C11H10N2/c1-3-6-11-12-9-7-4-5-8-10(9)13(11)2/h1,4-5,7-8H,6H2,2H3. The quantitative estimate of drug-likeness (QED) is 0.596. The van der Waals surface area contributed by atoms with Gasteiger partial charge in [-0.05, 0) is 12.1 Å². The van der Waals surface area contributed by atoms with Gasteiger partial charge < -0.3 is 4.57 Å². The first-order valence-corrected chi connectivity index (χ1v) is 4.16. The number of benzene rings is 1. The van der Waals surface area contributed by atoms with Gasteiger partial charge in [0.1, 0.15) is 5.82 Å². The number of aromatic nitrogens is 2. The van der Waals surface area contributed by atoms with E-state index in [1.807, 2.05) is 35.9 Å². The molecule has 0 radical (unpaired) electrons. The summed E-state index contributed by atoms with van der Waals surface area (Å²) in [6.07, 6.45) is 5.84. The SMILES string of the molecule is C#CCc1nc2ccccc2n1C. The zero-order valence-electron chi connectivity index (χ0n) is 7.49. The van der Waals surface area contributed by atoms with Crippen molar-refractivity contribution in [3.8, 4) is 12.3 Å². The summed E-state index contributed by atoms with van der Waals surface area (Å²) < 4.78 is 2.04. The summed E-state index contributed by atoms with van der Waals surface area (Å²) in [6, 6.07) is 8.02. The zero-order chi connectivity index (χ0) is 9.26. The number of para-hydroxylation sites is 2. The Labute approximate surface area is 77.2 Å². The fourth-order valence-electron chi connectivity index (χ4n) is 1.44. The van der Waals surface area contributed by atoms with Crippen LogP contribution in [0.2, 0.25) is 0 Å². The van der Waals surface area contributed by atoms with E-state index in [1.165, 1.54) is 0 Å². The van der Waals surface area contributed by atoms with Crippen LogP contribution in [0.25, 0.3) is 11.0 Å². The maximum Gasteiger partial charge on any atom is 0.121 e. The van der Waals surface area contributed by atoms with Crippen molar-refractivity contribution in [2.45, 2.75) is 6.42 Å². The van der Waals surface area contributed by atoms with Gasteiger partial charge in [0.25, 0.3) is 0 Å². The van der Waals surface area contributed by atoms with Crippen molar-refractivity contribution in [3.05, 3.63) is 30.1 Å². The number of imidazole rings is 1. The van der Waals surface area contributed by atoms with E-state index < -0.39 is 0 Å². The molecule has 0 bridgehead atoms. The molecule has 2 aromatic rings. The lowest BCUT2D eigenvalue weighted by Crippen LogP contribution is -1.95. The van der Waals surface area contributed by atoms with Crippen molar-refractivity contribution in [1.29, 1.82) is 0 Å². The Hall–Kier alpha value is -1.75. The number of nitrogens with zero attached hydrogens (tertiary/aromatic N) is 2. The van der Waals surface area contributed by atoms with Gasteiger partial charge in [0.05, 0.1) is 17.5 Å². The van der Waals surface area contributed by atoms with Gasteiger partial charge in [-0.1, -0.05) is 18.1 Å². The van der Waals surface area contributed by atoms with Crippen molar-refractivity contribution >= 4 is 11.0 Å². The minimum Gasteiger partial charge on any atom is -0.330 e. The molecule has 1 aromatic carbocycles. The van der Waals surface area contributed by atoms with Crippen LogP contribution in [0.15, 0.2) is 24.3 Å². The Morgan fingerprint density at radius 1 is 1.46 bits per heavy atom. The highest BCUT2D eigenvalue weighted by molar-refractivity contribution is 5.75. The van der Waals surface area contributed by atoms with Gasteiger partial charge in [-0.2, -0.15) is 0 Å². The number of aryl methyl sites for hydroxylation is 1. The summed E-state index contributed by atoms with van der Waals surface area (Å²) in [4.78, 5) is 4.42. The summed E-state index contributed by atoms with van der Waals surface area (Å²) in [7, 11) is 1.99. The highest BCUT2D eigenvalue weighted by Crippen LogP contribution is 2.13. The molecule has 2 heteroatoms. The Kier molecular flexibility index (Phi) is 1.79. The van der Waals surface area contributed by atoms with Crippen LogP contribution < -0.4 is 0 Å². The molecule has 1 heterocycles. The fraction of sp³-hybridized carbons (Fsp3) is 0.182. The Morgan fingerprint density at radius 2 is 2.23 bits per heavy atom. The summed E-state index contributed by atoms with van der Waals surface area (Å²) in [5.74, 6) is 3.55. The molecule has 0 aliphatic rings. The molecule has 0 saturated heterocycles. The molecule has 13 heavy (non-hydrogen) atoms. The van der Waals surface area contributed by atoms with Crippen molar-refractivity contribution in [1.82, 2.24) is 9.55 Å². The number of rotatable bonds is 1. The van der Waals surface area contributed by atoms with Crippen molar-refractivity contribution in [3.63, 3.8) is 0 Å². The van der Waals surface area contributed by atoms with E-state index in [-0.39, 0.29) is 0 Å². The molecule has 0 aliphatic carbocycles. The van der Waals surface area contributed by atoms with Gasteiger partial charge in [0.2, 0.25) is 0 Å². The predicted octanol–water partition coefficient (Wildman–Crippen LogP) is 1.75. The van der Waals surface area contributed by atoms with E-state index in [0.717, 1.165) is 16.9 Å². The average molecular weight is 170 g/mol. The van der Waals surface area contributed by atoms with E-state index >= 15 is 0 Å². The highest BCUT2D eigenvalue weighted by Gasteiger charge is 2.04. The van der Waals surface area contributed by atoms with Crippen molar-refractivity contribution < 1.29 is 0 Å². The first-order valence-electron chi connectivity index (χ1n) is 4.16. The van der Waals surface area contributed by atoms with Crippen molar-refractivity contribution in [2.75, 3.05) is 0 Å². The lowest BCUT2D eigenvalue weighted by atomic mass is 10.3. The van der Waals surface area contributed by atoms with Gasteiger partial charge in [-0.25, -0.2) is 4.98 Å². The van der Waals surface area contributed by atoms with E-state index in [0.29, 0.717) is 6.42 Å². The molecule has 0 atom stereocenters. The van der Waals surface area contributed by atoms with E-state index in [9.17, 15) is 0 Å².